The van der Waals surface area contributed by atoms with Gasteiger partial charge in [0.25, 0.3) is 5.91 Å². The Kier molecular flexibility index (Phi) is 5.28. The van der Waals surface area contributed by atoms with Gasteiger partial charge in [-0.1, -0.05) is 30.7 Å². The first-order chi connectivity index (χ1) is 10.1. The van der Waals surface area contributed by atoms with Gasteiger partial charge in [-0.2, -0.15) is 0 Å². The lowest BCUT2D eigenvalue weighted by atomic mass is 10.0. The maximum Gasteiger partial charge on any atom is 0.254 e. The van der Waals surface area contributed by atoms with Crippen molar-refractivity contribution >= 4 is 16.7 Å². The molecule has 0 aromatic heterocycles. The molecule has 0 aliphatic rings. The van der Waals surface area contributed by atoms with Crippen molar-refractivity contribution < 1.29 is 9.18 Å². The molecular weight excluding hydrogens is 267 g/mol. The van der Waals surface area contributed by atoms with Gasteiger partial charge >= 0.3 is 0 Å². The van der Waals surface area contributed by atoms with Gasteiger partial charge in [0.2, 0.25) is 0 Å². The second-order valence-corrected chi connectivity index (χ2v) is 5.22. The predicted molar refractivity (Wildman–Crippen MR) is 83.8 cm³/mol. The van der Waals surface area contributed by atoms with Gasteiger partial charge in [0, 0.05) is 24.5 Å². The topological polar surface area (TPSA) is 46.3 Å². The number of carbonyl (C=O) groups excluding carboxylic acids is 1. The maximum atomic E-state index is 13.8. The Balaban J connectivity index is 2.18. The molecular formula is C17H21FN2O. The van der Waals surface area contributed by atoms with E-state index < -0.39 is 0 Å². The van der Waals surface area contributed by atoms with Gasteiger partial charge in [-0.25, -0.2) is 4.39 Å². The van der Waals surface area contributed by atoms with Crippen LogP contribution in [0.4, 0.5) is 4.39 Å². The SMILES string of the molecule is CN(CCCCCN)C(=O)c1ccc(F)c2ccccc12. The molecule has 2 aromatic rings. The highest BCUT2D eigenvalue weighted by Crippen LogP contribution is 2.22. The van der Waals surface area contributed by atoms with Crippen LogP contribution >= 0.6 is 0 Å². The summed E-state index contributed by atoms with van der Waals surface area (Å²) in [6.45, 7) is 1.37. The fourth-order valence-corrected chi connectivity index (χ4v) is 2.43. The Bertz CT molecular complexity index is 627. The van der Waals surface area contributed by atoms with E-state index in [9.17, 15) is 9.18 Å². The van der Waals surface area contributed by atoms with Crippen molar-refractivity contribution in [3.8, 4) is 0 Å². The lowest BCUT2D eigenvalue weighted by Gasteiger charge is -2.18. The van der Waals surface area contributed by atoms with E-state index in [1.54, 1.807) is 36.2 Å². The maximum absolute atomic E-state index is 13.8. The number of carbonyl (C=O) groups is 1. The quantitative estimate of drug-likeness (QED) is 0.830. The highest BCUT2D eigenvalue weighted by atomic mass is 19.1. The first-order valence-electron chi connectivity index (χ1n) is 7.28. The standard InChI is InChI=1S/C17H21FN2O/c1-20(12-6-2-5-11-19)17(21)15-9-10-16(18)14-8-4-3-7-13(14)15/h3-4,7-10H,2,5-6,11-12,19H2,1H3. The predicted octanol–water partition coefficient (Wildman–Crippen LogP) is 3.18. The molecule has 0 spiro atoms. The van der Waals surface area contributed by atoms with Crippen LogP contribution in [-0.2, 0) is 0 Å². The number of nitrogens with zero attached hydrogens (tertiary/aromatic N) is 1. The summed E-state index contributed by atoms with van der Waals surface area (Å²) in [6.07, 6.45) is 2.92. The molecule has 0 atom stereocenters. The third-order valence-electron chi connectivity index (χ3n) is 3.65. The molecule has 4 heteroatoms. The van der Waals surface area contributed by atoms with Crippen molar-refractivity contribution in [3.05, 3.63) is 47.8 Å². The number of halogens is 1. The van der Waals surface area contributed by atoms with Crippen LogP contribution in [0.1, 0.15) is 29.6 Å². The normalized spacial score (nSPS) is 10.8. The molecule has 0 radical (unpaired) electrons. The molecule has 0 bridgehead atoms. The Morgan fingerprint density at radius 2 is 1.81 bits per heavy atom. The van der Waals surface area contributed by atoms with Gasteiger partial charge in [0.1, 0.15) is 5.82 Å². The summed E-state index contributed by atoms with van der Waals surface area (Å²) >= 11 is 0. The Morgan fingerprint density at radius 3 is 2.52 bits per heavy atom. The van der Waals surface area contributed by atoms with Crippen LogP contribution in [0.15, 0.2) is 36.4 Å². The van der Waals surface area contributed by atoms with Crippen LogP contribution in [0.2, 0.25) is 0 Å². The summed E-state index contributed by atoms with van der Waals surface area (Å²) in [6, 6.07) is 10.0. The molecule has 2 rings (SSSR count). The van der Waals surface area contributed by atoms with Gasteiger partial charge in [0.15, 0.2) is 0 Å². The third-order valence-corrected chi connectivity index (χ3v) is 3.65. The number of hydrogen-bond donors (Lipinski definition) is 1. The minimum Gasteiger partial charge on any atom is -0.342 e. The largest absolute Gasteiger partial charge is 0.342 e. The van der Waals surface area contributed by atoms with Gasteiger partial charge in [0.05, 0.1) is 0 Å². The molecule has 112 valence electrons. The molecule has 0 heterocycles. The van der Waals surface area contributed by atoms with E-state index in [2.05, 4.69) is 0 Å². The summed E-state index contributed by atoms with van der Waals surface area (Å²) in [5.41, 5.74) is 6.01. The van der Waals surface area contributed by atoms with Crippen molar-refractivity contribution in [1.82, 2.24) is 4.90 Å². The van der Waals surface area contributed by atoms with E-state index in [1.165, 1.54) is 6.07 Å². The van der Waals surface area contributed by atoms with Crippen LogP contribution in [0, 0.1) is 5.82 Å². The molecule has 21 heavy (non-hydrogen) atoms. The summed E-state index contributed by atoms with van der Waals surface area (Å²) in [5, 5.41) is 1.15. The number of amides is 1. The smallest absolute Gasteiger partial charge is 0.254 e. The summed E-state index contributed by atoms with van der Waals surface area (Å²) < 4.78 is 13.8. The Labute approximate surface area is 124 Å². The minimum atomic E-state index is -0.298. The molecule has 0 unspecified atom stereocenters. The first-order valence-corrected chi connectivity index (χ1v) is 7.28. The van der Waals surface area contributed by atoms with E-state index in [4.69, 9.17) is 5.73 Å². The molecule has 0 saturated heterocycles. The molecule has 2 aromatic carbocycles. The van der Waals surface area contributed by atoms with Crippen LogP contribution < -0.4 is 5.73 Å². The van der Waals surface area contributed by atoms with Crippen molar-refractivity contribution in [2.45, 2.75) is 19.3 Å². The number of unbranched alkanes of at least 4 members (excludes halogenated alkanes) is 2. The van der Waals surface area contributed by atoms with Crippen molar-refractivity contribution in [3.63, 3.8) is 0 Å². The van der Waals surface area contributed by atoms with Crippen LogP contribution in [0.5, 0.6) is 0 Å². The molecule has 1 amide bonds. The molecule has 2 N–H and O–H groups in total. The average Bonchev–Trinajstić information content (AvgIpc) is 2.51. The van der Waals surface area contributed by atoms with Gasteiger partial charge < -0.3 is 10.6 Å². The molecule has 3 nitrogen and oxygen atoms in total. The number of benzene rings is 2. The number of hydrogen-bond acceptors (Lipinski definition) is 2. The van der Waals surface area contributed by atoms with E-state index in [1.807, 2.05) is 6.07 Å². The molecule has 0 saturated carbocycles. The zero-order chi connectivity index (χ0) is 15.2. The van der Waals surface area contributed by atoms with Crippen LogP contribution in [0.25, 0.3) is 10.8 Å². The molecule has 0 aliphatic heterocycles. The van der Waals surface area contributed by atoms with Gasteiger partial charge in [-0.05, 0) is 36.9 Å². The highest BCUT2D eigenvalue weighted by Gasteiger charge is 2.15. The fraction of sp³-hybridized carbons (Fsp3) is 0.353. The van der Waals surface area contributed by atoms with E-state index in [-0.39, 0.29) is 11.7 Å². The Morgan fingerprint density at radius 1 is 1.10 bits per heavy atom. The highest BCUT2D eigenvalue weighted by molar-refractivity contribution is 6.07. The van der Waals surface area contributed by atoms with E-state index >= 15 is 0 Å². The van der Waals surface area contributed by atoms with Crippen molar-refractivity contribution in [1.29, 1.82) is 0 Å². The average molecular weight is 288 g/mol. The molecule has 0 fully saturated rings. The Hall–Kier alpha value is -1.94. The summed E-state index contributed by atoms with van der Waals surface area (Å²) in [4.78, 5) is 14.2. The number of nitrogens with two attached hydrogens (primary N) is 1. The minimum absolute atomic E-state index is 0.0704. The van der Waals surface area contributed by atoms with Crippen molar-refractivity contribution in [2.24, 2.45) is 5.73 Å². The third kappa shape index (κ3) is 3.58. The number of rotatable bonds is 6. The van der Waals surface area contributed by atoms with Gasteiger partial charge in [-0.15, -0.1) is 0 Å². The van der Waals surface area contributed by atoms with Crippen molar-refractivity contribution in [2.75, 3.05) is 20.1 Å². The zero-order valence-corrected chi connectivity index (χ0v) is 12.3. The summed E-state index contributed by atoms with van der Waals surface area (Å²) in [7, 11) is 1.78. The van der Waals surface area contributed by atoms with E-state index in [0.29, 0.717) is 29.4 Å². The monoisotopic (exact) mass is 288 g/mol. The van der Waals surface area contributed by atoms with Crippen LogP contribution in [-0.4, -0.2) is 30.9 Å². The van der Waals surface area contributed by atoms with Gasteiger partial charge in [-0.3, -0.25) is 4.79 Å². The summed E-state index contributed by atoms with van der Waals surface area (Å²) in [5.74, 6) is -0.369. The van der Waals surface area contributed by atoms with Crippen LogP contribution in [0.3, 0.4) is 0 Å². The van der Waals surface area contributed by atoms with E-state index in [0.717, 1.165) is 19.3 Å². The lowest BCUT2D eigenvalue weighted by molar-refractivity contribution is 0.0794. The fourth-order valence-electron chi connectivity index (χ4n) is 2.43. The molecule has 0 aliphatic carbocycles. The second kappa shape index (κ2) is 7.18. The first kappa shape index (κ1) is 15.4. The second-order valence-electron chi connectivity index (χ2n) is 5.22. The number of fused-ring (bicyclic) bond motifs is 1. The lowest BCUT2D eigenvalue weighted by Crippen LogP contribution is -2.28. The zero-order valence-electron chi connectivity index (χ0n) is 12.3.